The molecule has 1 amide bonds. The first-order chi connectivity index (χ1) is 11.7. The number of aromatic amines is 1. The molecule has 0 radical (unpaired) electrons. The van der Waals surface area contributed by atoms with Gasteiger partial charge in [0.05, 0.1) is 6.54 Å². The second kappa shape index (κ2) is 5.88. The predicted molar refractivity (Wildman–Crippen MR) is 86.9 cm³/mol. The molecule has 1 atom stereocenters. The minimum Gasteiger partial charge on any atom is -0.486 e. The van der Waals surface area contributed by atoms with Crippen LogP contribution in [0.15, 0.2) is 48.5 Å². The molecular weight excluding hydrogens is 311 g/mol. The van der Waals surface area contributed by atoms with Crippen LogP contribution < -0.4 is 14.8 Å². The number of hydrogen-bond acceptors (Lipinski definition) is 3. The van der Waals surface area contributed by atoms with Crippen molar-refractivity contribution in [2.45, 2.75) is 6.10 Å². The zero-order valence-electron chi connectivity index (χ0n) is 12.7. The highest BCUT2D eigenvalue weighted by atomic mass is 19.1. The molecule has 4 rings (SSSR count). The van der Waals surface area contributed by atoms with Crippen molar-refractivity contribution in [2.75, 3.05) is 13.2 Å². The summed E-state index contributed by atoms with van der Waals surface area (Å²) in [7, 11) is 0. The molecule has 1 aliphatic heterocycles. The average molecular weight is 326 g/mol. The van der Waals surface area contributed by atoms with Crippen molar-refractivity contribution in [2.24, 2.45) is 0 Å². The van der Waals surface area contributed by atoms with Gasteiger partial charge in [-0.15, -0.1) is 0 Å². The molecule has 6 heteroatoms. The SMILES string of the molecule is O=C(NCC1COc2ccccc2O1)c1cc2c(F)cccc2[nH]1. The Morgan fingerprint density at radius 3 is 2.88 bits per heavy atom. The molecule has 0 saturated carbocycles. The van der Waals surface area contributed by atoms with E-state index >= 15 is 0 Å². The van der Waals surface area contributed by atoms with Gasteiger partial charge in [-0.05, 0) is 30.3 Å². The molecule has 1 aromatic heterocycles. The number of fused-ring (bicyclic) bond motifs is 2. The van der Waals surface area contributed by atoms with Crippen LogP contribution in [-0.4, -0.2) is 30.1 Å². The summed E-state index contributed by atoms with van der Waals surface area (Å²) in [5.41, 5.74) is 0.901. The summed E-state index contributed by atoms with van der Waals surface area (Å²) in [5.74, 6) is 0.693. The normalized spacial score (nSPS) is 16.1. The summed E-state index contributed by atoms with van der Waals surface area (Å²) in [6, 6.07) is 13.6. The summed E-state index contributed by atoms with van der Waals surface area (Å²) in [6.07, 6.45) is -0.273. The Morgan fingerprint density at radius 1 is 1.21 bits per heavy atom. The van der Waals surface area contributed by atoms with Gasteiger partial charge in [-0.3, -0.25) is 4.79 Å². The number of rotatable bonds is 3. The first kappa shape index (κ1) is 14.6. The van der Waals surface area contributed by atoms with Gasteiger partial charge in [0.2, 0.25) is 0 Å². The maximum atomic E-state index is 13.7. The molecule has 0 fully saturated rings. The summed E-state index contributed by atoms with van der Waals surface area (Å²) in [5, 5.41) is 3.18. The van der Waals surface area contributed by atoms with E-state index in [0.717, 1.165) is 0 Å². The van der Waals surface area contributed by atoms with Crippen molar-refractivity contribution < 1.29 is 18.7 Å². The van der Waals surface area contributed by atoms with Crippen LogP contribution >= 0.6 is 0 Å². The lowest BCUT2D eigenvalue weighted by Crippen LogP contribution is -2.40. The van der Waals surface area contributed by atoms with E-state index in [-0.39, 0.29) is 17.8 Å². The lowest BCUT2D eigenvalue weighted by molar-refractivity contribution is 0.0787. The van der Waals surface area contributed by atoms with E-state index < -0.39 is 0 Å². The van der Waals surface area contributed by atoms with Crippen LogP contribution in [0.5, 0.6) is 11.5 Å². The predicted octanol–water partition coefficient (Wildman–Crippen LogP) is 2.88. The zero-order valence-corrected chi connectivity index (χ0v) is 12.7. The third kappa shape index (κ3) is 2.67. The molecule has 1 unspecified atom stereocenters. The van der Waals surface area contributed by atoms with Gasteiger partial charge in [-0.2, -0.15) is 0 Å². The number of carbonyl (C=O) groups is 1. The number of hydrogen-bond donors (Lipinski definition) is 2. The molecule has 0 spiro atoms. The number of benzene rings is 2. The first-order valence-corrected chi connectivity index (χ1v) is 7.64. The van der Waals surface area contributed by atoms with E-state index in [9.17, 15) is 9.18 Å². The average Bonchev–Trinajstić information content (AvgIpc) is 3.05. The first-order valence-electron chi connectivity index (χ1n) is 7.64. The fourth-order valence-corrected chi connectivity index (χ4v) is 2.71. The van der Waals surface area contributed by atoms with E-state index in [1.54, 1.807) is 12.1 Å². The lowest BCUT2D eigenvalue weighted by Gasteiger charge is -2.26. The maximum absolute atomic E-state index is 13.7. The van der Waals surface area contributed by atoms with Crippen molar-refractivity contribution in [3.63, 3.8) is 0 Å². The number of H-pyrrole nitrogens is 1. The van der Waals surface area contributed by atoms with E-state index in [1.807, 2.05) is 24.3 Å². The van der Waals surface area contributed by atoms with Crippen molar-refractivity contribution in [3.8, 4) is 11.5 Å². The Labute approximate surface area is 137 Å². The summed E-state index contributed by atoms with van der Waals surface area (Å²) in [6.45, 7) is 0.656. The quantitative estimate of drug-likeness (QED) is 0.778. The van der Waals surface area contributed by atoms with Crippen LogP contribution in [0.2, 0.25) is 0 Å². The highest BCUT2D eigenvalue weighted by Gasteiger charge is 2.21. The Balaban J connectivity index is 1.42. The Morgan fingerprint density at radius 2 is 2.04 bits per heavy atom. The monoisotopic (exact) mass is 326 g/mol. The van der Waals surface area contributed by atoms with Crippen LogP contribution in [0, 0.1) is 5.82 Å². The molecule has 122 valence electrons. The standard InChI is InChI=1S/C18H15FN2O3/c19-13-4-3-5-14-12(13)8-15(21-14)18(22)20-9-11-10-23-16-6-1-2-7-17(16)24-11/h1-8,11,21H,9-10H2,(H,20,22). The molecule has 3 aromatic rings. The van der Waals surface area contributed by atoms with E-state index in [0.29, 0.717) is 41.2 Å². The van der Waals surface area contributed by atoms with Gasteiger partial charge in [0.15, 0.2) is 11.5 Å². The highest BCUT2D eigenvalue weighted by Crippen LogP contribution is 2.30. The van der Waals surface area contributed by atoms with Gasteiger partial charge in [-0.1, -0.05) is 18.2 Å². The number of carbonyl (C=O) groups excluding carboxylic acids is 1. The summed E-state index contributed by atoms with van der Waals surface area (Å²) >= 11 is 0. The number of amides is 1. The Kier molecular flexibility index (Phi) is 3.57. The Hall–Kier alpha value is -3.02. The van der Waals surface area contributed by atoms with E-state index in [1.165, 1.54) is 12.1 Å². The summed E-state index contributed by atoms with van der Waals surface area (Å²) < 4.78 is 25.1. The molecular formula is C18H15FN2O3. The second-order valence-electron chi connectivity index (χ2n) is 5.59. The highest BCUT2D eigenvalue weighted by molar-refractivity contribution is 5.98. The molecule has 2 heterocycles. The molecule has 24 heavy (non-hydrogen) atoms. The van der Waals surface area contributed by atoms with Crippen molar-refractivity contribution in [1.29, 1.82) is 0 Å². The van der Waals surface area contributed by atoms with Crippen LogP contribution in [-0.2, 0) is 0 Å². The summed E-state index contributed by atoms with van der Waals surface area (Å²) in [4.78, 5) is 15.2. The number of aromatic nitrogens is 1. The van der Waals surface area contributed by atoms with Gasteiger partial charge in [-0.25, -0.2) is 4.39 Å². The molecule has 2 aromatic carbocycles. The minimum absolute atomic E-state index is 0.273. The van der Waals surface area contributed by atoms with E-state index in [4.69, 9.17) is 9.47 Å². The van der Waals surface area contributed by atoms with Crippen LogP contribution in [0.1, 0.15) is 10.5 Å². The molecule has 5 nitrogen and oxygen atoms in total. The van der Waals surface area contributed by atoms with Gasteiger partial charge in [0.25, 0.3) is 5.91 Å². The smallest absolute Gasteiger partial charge is 0.267 e. The van der Waals surface area contributed by atoms with Crippen LogP contribution in [0.3, 0.4) is 0 Å². The molecule has 0 saturated heterocycles. The maximum Gasteiger partial charge on any atom is 0.267 e. The fourth-order valence-electron chi connectivity index (χ4n) is 2.71. The number of nitrogens with one attached hydrogen (secondary N) is 2. The molecule has 0 aliphatic carbocycles. The lowest BCUT2D eigenvalue weighted by atomic mass is 10.2. The van der Waals surface area contributed by atoms with E-state index in [2.05, 4.69) is 10.3 Å². The fraction of sp³-hybridized carbons (Fsp3) is 0.167. The van der Waals surface area contributed by atoms with Gasteiger partial charge in [0.1, 0.15) is 24.2 Å². The number of ether oxygens (including phenoxy) is 2. The van der Waals surface area contributed by atoms with Crippen molar-refractivity contribution >= 4 is 16.8 Å². The Bertz CT molecular complexity index is 906. The molecule has 2 N–H and O–H groups in total. The zero-order chi connectivity index (χ0) is 16.5. The van der Waals surface area contributed by atoms with Gasteiger partial charge < -0.3 is 19.8 Å². The largest absolute Gasteiger partial charge is 0.486 e. The van der Waals surface area contributed by atoms with Crippen molar-refractivity contribution in [3.05, 3.63) is 60.0 Å². The van der Waals surface area contributed by atoms with Crippen LogP contribution in [0.25, 0.3) is 10.9 Å². The minimum atomic E-state index is -0.358. The molecule has 0 bridgehead atoms. The number of para-hydroxylation sites is 2. The topological polar surface area (TPSA) is 63.4 Å². The van der Waals surface area contributed by atoms with Crippen molar-refractivity contribution in [1.82, 2.24) is 10.3 Å². The molecule has 1 aliphatic rings. The van der Waals surface area contributed by atoms with Crippen LogP contribution in [0.4, 0.5) is 4.39 Å². The van der Waals surface area contributed by atoms with Gasteiger partial charge >= 0.3 is 0 Å². The second-order valence-corrected chi connectivity index (χ2v) is 5.59. The third-order valence-corrected chi connectivity index (χ3v) is 3.91. The third-order valence-electron chi connectivity index (χ3n) is 3.91. The number of halogens is 1. The van der Waals surface area contributed by atoms with Gasteiger partial charge in [0, 0.05) is 10.9 Å².